The first-order chi connectivity index (χ1) is 17.2. The van der Waals surface area contributed by atoms with Crippen molar-refractivity contribution in [3.05, 3.63) is 64.7 Å². The van der Waals surface area contributed by atoms with Gasteiger partial charge in [-0.3, -0.25) is 24.6 Å². The number of carbonyl (C=O) groups is 3. The Morgan fingerprint density at radius 1 is 1.09 bits per heavy atom. The molecule has 3 heterocycles. The lowest BCUT2D eigenvalue weighted by atomic mass is 10.0. The monoisotopic (exact) mass is 451 g/mol. The van der Waals surface area contributed by atoms with E-state index in [0.29, 0.717) is 22.4 Å². The van der Waals surface area contributed by atoms with E-state index in [9.17, 15) is 14.4 Å². The lowest BCUT2D eigenvalue weighted by Gasteiger charge is -2.29. The fourth-order valence-corrected chi connectivity index (χ4v) is 4.38. The molecule has 2 fully saturated rings. The number of anilines is 1. The molecule has 2 aromatic rings. The Hall–Kier alpha value is -3.23. The molecule has 0 radical (unpaired) electrons. The summed E-state index contributed by atoms with van der Waals surface area (Å²) in [5.41, 5.74) is 2.78. The SMILES string of the molecule is [2H]C([2H])(Nc1cccc2c1CN([C@]1([2H])CCC(=O)NC1=O)C2=O)c1ccc(CN2CCOCC2)cc1. The predicted molar refractivity (Wildman–Crippen MR) is 122 cm³/mol. The van der Waals surface area contributed by atoms with Crippen molar-refractivity contribution >= 4 is 23.4 Å². The van der Waals surface area contributed by atoms with Gasteiger partial charge in [-0.1, -0.05) is 30.3 Å². The second-order valence-corrected chi connectivity index (χ2v) is 8.38. The number of imide groups is 1. The molecule has 172 valence electrons. The number of hydrogen-bond donors (Lipinski definition) is 2. The van der Waals surface area contributed by atoms with Crippen LogP contribution < -0.4 is 10.6 Å². The van der Waals surface area contributed by atoms with Crippen LogP contribution in [0.15, 0.2) is 42.5 Å². The van der Waals surface area contributed by atoms with Crippen molar-refractivity contribution in [2.45, 2.75) is 38.4 Å². The molecule has 3 aliphatic heterocycles. The number of amides is 3. The van der Waals surface area contributed by atoms with Crippen LogP contribution in [0.5, 0.6) is 0 Å². The lowest BCUT2D eigenvalue weighted by molar-refractivity contribution is -0.136. The largest absolute Gasteiger partial charge is 0.381 e. The van der Waals surface area contributed by atoms with Gasteiger partial charge in [-0.05, 0) is 29.7 Å². The quantitative estimate of drug-likeness (QED) is 0.652. The Bertz CT molecular complexity index is 1200. The fraction of sp³-hybridized carbons (Fsp3) is 0.400. The molecule has 33 heavy (non-hydrogen) atoms. The minimum absolute atomic E-state index is 0.0233. The molecule has 3 amide bonds. The molecule has 2 aromatic carbocycles. The van der Waals surface area contributed by atoms with E-state index in [1.165, 1.54) is 0 Å². The summed E-state index contributed by atoms with van der Waals surface area (Å²) in [7, 11) is 0. The molecule has 5 rings (SSSR count). The van der Waals surface area contributed by atoms with Gasteiger partial charge in [0.15, 0.2) is 0 Å². The van der Waals surface area contributed by atoms with Gasteiger partial charge in [0.2, 0.25) is 11.8 Å². The maximum Gasteiger partial charge on any atom is 0.255 e. The third kappa shape index (κ3) is 4.62. The Balaban J connectivity index is 1.33. The topological polar surface area (TPSA) is 91.0 Å². The van der Waals surface area contributed by atoms with Gasteiger partial charge >= 0.3 is 0 Å². The van der Waals surface area contributed by atoms with Gasteiger partial charge in [0.25, 0.3) is 5.91 Å². The first kappa shape index (κ1) is 18.2. The molecule has 0 saturated carbocycles. The molecule has 2 N–H and O–H groups in total. The number of ether oxygens (including phenoxy) is 1. The first-order valence-corrected chi connectivity index (χ1v) is 11.1. The molecular formula is C25H28N4O4. The van der Waals surface area contributed by atoms with E-state index in [1.54, 1.807) is 30.3 Å². The molecule has 3 aliphatic rings. The van der Waals surface area contributed by atoms with E-state index >= 15 is 0 Å². The summed E-state index contributed by atoms with van der Waals surface area (Å²) in [6.45, 7) is 1.99. The summed E-state index contributed by atoms with van der Waals surface area (Å²) in [6.07, 6.45) is -0.109. The van der Waals surface area contributed by atoms with E-state index in [0.717, 1.165) is 43.3 Å². The third-order valence-electron chi connectivity index (χ3n) is 6.20. The smallest absolute Gasteiger partial charge is 0.255 e. The molecule has 0 spiro atoms. The molecule has 8 nitrogen and oxygen atoms in total. The van der Waals surface area contributed by atoms with Crippen LogP contribution in [0.2, 0.25) is 0 Å². The second-order valence-electron chi connectivity index (χ2n) is 8.38. The summed E-state index contributed by atoms with van der Waals surface area (Å²) in [6, 6.07) is 10.4. The van der Waals surface area contributed by atoms with Crippen molar-refractivity contribution < 1.29 is 23.2 Å². The van der Waals surface area contributed by atoms with Crippen LogP contribution in [0.3, 0.4) is 0 Å². The predicted octanol–water partition coefficient (Wildman–Crippen LogP) is 1.89. The zero-order valence-corrected chi connectivity index (χ0v) is 18.2. The molecule has 8 heteroatoms. The minimum atomic E-state index is -1.93. The number of benzene rings is 2. The normalized spacial score (nSPS) is 25.2. The van der Waals surface area contributed by atoms with Crippen molar-refractivity contribution in [3.63, 3.8) is 0 Å². The maximum atomic E-state index is 13.1. The first-order valence-electron chi connectivity index (χ1n) is 12.6. The van der Waals surface area contributed by atoms with Crippen LogP contribution in [0.25, 0.3) is 0 Å². The van der Waals surface area contributed by atoms with Crippen LogP contribution in [-0.2, 0) is 33.9 Å². The number of hydrogen-bond acceptors (Lipinski definition) is 6. The third-order valence-corrected chi connectivity index (χ3v) is 6.20. The number of piperidine rings is 1. The van der Waals surface area contributed by atoms with E-state index < -0.39 is 30.2 Å². The highest BCUT2D eigenvalue weighted by molar-refractivity contribution is 6.06. The van der Waals surface area contributed by atoms with Crippen molar-refractivity contribution in [1.29, 1.82) is 0 Å². The van der Waals surface area contributed by atoms with E-state index in [4.69, 9.17) is 8.85 Å². The van der Waals surface area contributed by atoms with Crippen molar-refractivity contribution in [3.8, 4) is 0 Å². The summed E-state index contributed by atoms with van der Waals surface area (Å²) in [5, 5.41) is 5.08. The Morgan fingerprint density at radius 3 is 2.61 bits per heavy atom. The van der Waals surface area contributed by atoms with Gasteiger partial charge in [-0.2, -0.15) is 0 Å². The molecule has 0 aliphatic carbocycles. The standard InChI is InChI=1S/C25H28N4O4/c30-23-9-8-22(24(31)27-23)29-16-20-19(25(29)32)2-1-3-21(20)26-14-17-4-6-18(7-5-17)15-28-10-12-33-13-11-28/h1-7,22,26H,8-16H2,(H,27,30,31)/t22-/m1/s1/i14D2,22D. The van der Waals surface area contributed by atoms with Gasteiger partial charge in [-0.25, -0.2) is 0 Å². The molecule has 2 saturated heterocycles. The summed E-state index contributed by atoms with van der Waals surface area (Å²) >= 11 is 0. The van der Waals surface area contributed by atoms with E-state index in [-0.39, 0.29) is 19.4 Å². The van der Waals surface area contributed by atoms with Crippen LogP contribution in [-0.4, -0.2) is 59.8 Å². The van der Waals surface area contributed by atoms with Crippen LogP contribution >= 0.6 is 0 Å². The van der Waals surface area contributed by atoms with Crippen molar-refractivity contribution in [1.82, 2.24) is 15.1 Å². The summed E-state index contributed by atoms with van der Waals surface area (Å²) < 4.78 is 31.4. The Morgan fingerprint density at radius 2 is 1.85 bits per heavy atom. The summed E-state index contributed by atoms with van der Waals surface area (Å²) in [4.78, 5) is 40.6. The van der Waals surface area contributed by atoms with Crippen molar-refractivity contribution in [2.24, 2.45) is 0 Å². The van der Waals surface area contributed by atoms with Gasteiger partial charge in [0, 0.05) is 55.9 Å². The van der Waals surface area contributed by atoms with E-state index in [1.807, 2.05) is 12.1 Å². The fourth-order valence-electron chi connectivity index (χ4n) is 4.38. The van der Waals surface area contributed by atoms with Crippen molar-refractivity contribution in [2.75, 3.05) is 31.6 Å². The Kier molecular flexibility index (Phi) is 5.15. The zero-order valence-electron chi connectivity index (χ0n) is 21.2. The highest BCUT2D eigenvalue weighted by atomic mass is 16.5. The van der Waals surface area contributed by atoms with E-state index in [2.05, 4.69) is 15.5 Å². The average molecular weight is 452 g/mol. The maximum absolute atomic E-state index is 13.1. The Labute approximate surface area is 197 Å². The number of nitrogens with one attached hydrogen (secondary N) is 2. The highest BCUT2D eigenvalue weighted by Crippen LogP contribution is 2.32. The van der Waals surface area contributed by atoms with Gasteiger partial charge in [0.05, 0.1) is 17.3 Å². The van der Waals surface area contributed by atoms with Gasteiger partial charge in [-0.15, -0.1) is 0 Å². The molecule has 0 bridgehead atoms. The lowest BCUT2D eigenvalue weighted by Crippen LogP contribution is -2.52. The zero-order chi connectivity index (χ0) is 25.5. The highest BCUT2D eigenvalue weighted by Gasteiger charge is 2.39. The molecule has 0 aromatic heterocycles. The number of rotatable bonds is 6. The number of carbonyl (C=O) groups excluding carboxylic acids is 3. The summed E-state index contributed by atoms with van der Waals surface area (Å²) in [5.74, 6) is -1.76. The number of nitrogens with zero attached hydrogens (tertiary/aromatic N) is 2. The van der Waals surface area contributed by atoms with Gasteiger partial charge in [0.1, 0.15) is 6.02 Å². The second kappa shape index (κ2) is 9.33. The van der Waals surface area contributed by atoms with Crippen LogP contribution in [0.1, 0.15) is 44.0 Å². The molecule has 0 unspecified atom stereocenters. The van der Waals surface area contributed by atoms with Crippen LogP contribution in [0, 0.1) is 0 Å². The number of fused-ring (bicyclic) bond motifs is 1. The average Bonchev–Trinajstić information content (AvgIpc) is 3.21. The van der Waals surface area contributed by atoms with Gasteiger partial charge < -0.3 is 15.0 Å². The van der Waals surface area contributed by atoms with Crippen LogP contribution in [0.4, 0.5) is 5.69 Å². The molecular weight excluding hydrogens is 420 g/mol. The molecule has 1 atom stereocenters. The minimum Gasteiger partial charge on any atom is -0.381 e. The number of morpholine rings is 1.